The third-order valence-corrected chi connectivity index (χ3v) is 14.0. The van der Waals surface area contributed by atoms with Crippen LogP contribution in [0.2, 0.25) is 10.0 Å². The molecule has 0 bridgehead atoms. The van der Waals surface area contributed by atoms with Gasteiger partial charge < -0.3 is 31.2 Å². The molecule has 0 amide bonds. The molecule has 2 aliphatic heterocycles. The molecule has 2 aliphatic rings. The molecule has 0 aliphatic carbocycles. The molecule has 4 aromatic carbocycles. The van der Waals surface area contributed by atoms with Crippen molar-refractivity contribution in [3.05, 3.63) is 116 Å². The molecule has 68 heavy (non-hydrogen) atoms. The Morgan fingerprint density at radius 3 is 1.32 bits per heavy atom. The van der Waals surface area contributed by atoms with Gasteiger partial charge in [0.2, 0.25) is 0 Å². The van der Waals surface area contributed by atoms with Crippen molar-refractivity contribution in [2.75, 3.05) is 13.2 Å². The number of hydrogen-bond donors (Lipinski definition) is 6. The first-order chi connectivity index (χ1) is 31.8. The molecule has 0 saturated carbocycles. The number of aliphatic hydroxyl groups is 2. The fourth-order valence-electron chi connectivity index (χ4n) is 9.37. The van der Waals surface area contributed by atoms with E-state index in [0.29, 0.717) is 76.6 Å². The van der Waals surface area contributed by atoms with E-state index in [4.69, 9.17) is 44.1 Å². The van der Waals surface area contributed by atoms with Crippen molar-refractivity contribution < 1.29 is 34.1 Å². The highest BCUT2D eigenvalue weighted by Crippen LogP contribution is 2.47. The lowest BCUT2D eigenvalue weighted by atomic mass is 9.81. The maximum atomic E-state index is 15.5. The number of aliphatic hydroxyl groups excluding tert-OH is 2. The largest absolute Gasteiger partial charge is 0.443 e. The topological polar surface area (TPSA) is 196 Å². The third kappa shape index (κ3) is 8.88. The summed E-state index contributed by atoms with van der Waals surface area (Å²) in [6, 6.07) is 19.3. The van der Waals surface area contributed by atoms with Crippen LogP contribution in [-0.4, -0.2) is 61.7 Å². The van der Waals surface area contributed by atoms with Gasteiger partial charge in [0.1, 0.15) is 11.2 Å². The Morgan fingerprint density at radius 1 is 0.618 bits per heavy atom. The van der Waals surface area contributed by atoms with Crippen molar-refractivity contribution in [3.63, 3.8) is 0 Å². The van der Waals surface area contributed by atoms with Crippen molar-refractivity contribution in [2.45, 2.75) is 118 Å². The Kier molecular flexibility index (Phi) is 12.8. The molecular formula is C53H62Cl2N6O7. The summed E-state index contributed by atoms with van der Waals surface area (Å²) in [6.45, 7) is 18.7. The molecule has 4 unspecified atom stereocenters. The Labute approximate surface area is 407 Å². The van der Waals surface area contributed by atoms with Gasteiger partial charge in [-0.2, -0.15) is 0 Å². The summed E-state index contributed by atoms with van der Waals surface area (Å²) in [5.74, 6) is -0.228. The van der Waals surface area contributed by atoms with Gasteiger partial charge in [0.25, 0.3) is 0 Å². The van der Waals surface area contributed by atoms with Gasteiger partial charge in [-0.1, -0.05) is 75.2 Å². The molecule has 0 spiro atoms. The maximum Gasteiger partial charge on any atom is 0.419 e. The summed E-state index contributed by atoms with van der Waals surface area (Å²) >= 11 is 13.9. The van der Waals surface area contributed by atoms with E-state index in [1.807, 2.05) is 88.4 Å². The van der Waals surface area contributed by atoms with E-state index in [-0.39, 0.29) is 32.1 Å². The van der Waals surface area contributed by atoms with Crippen LogP contribution in [0, 0.1) is 10.8 Å². The summed E-state index contributed by atoms with van der Waals surface area (Å²) in [5.41, 5.74) is 18.0. The van der Waals surface area contributed by atoms with Crippen LogP contribution in [0.15, 0.2) is 72.8 Å². The second-order valence-electron chi connectivity index (χ2n) is 21.6. The van der Waals surface area contributed by atoms with Crippen molar-refractivity contribution >= 4 is 63.0 Å². The minimum Gasteiger partial charge on any atom is -0.443 e. The molecule has 8 N–H and O–H groups in total. The Bertz CT molecular complexity index is 2810. The minimum atomic E-state index is -0.913. The number of nitrogens with zero attached hydrogens (tertiary/aromatic N) is 2. The summed E-state index contributed by atoms with van der Waals surface area (Å²) in [6.07, 6.45) is -1.21. The van der Waals surface area contributed by atoms with Gasteiger partial charge in [-0.3, -0.25) is 15.4 Å². The van der Waals surface area contributed by atoms with E-state index in [0.717, 1.165) is 11.1 Å². The number of carbonyl (C=O) groups excluding carboxylic acids is 3. The average Bonchev–Trinajstić information content (AvgIpc) is 4.08. The Balaban J connectivity index is 1.28. The third-order valence-electron chi connectivity index (χ3n) is 13.3. The number of hydrogen-bond acceptors (Lipinski definition) is 11. The van der Waals surface area contributed by atoms with Gasteiger partial charge in [-0.05, 0) is 123 Å². The number of nitrogens with two attached hydrogens (primary N) is 2. The normalized spacial score (nSPS) is 17.4. The first-order valence-corrected chi connectivity index (χ1v) is 23.7. The van der Waals surface area contributed by atoms with E-state index < -0.39 is 58.4 Å². The zero-order chi connectivity index (χ0) is 49.6. The Hall–Kier alpha value is -5.09. The van der Waals surface area contributed by atoms with Gasteiger partial charge in [-0.25, -0.2) is 18.7 Å². The molecular weight excluding hydrogens is 904 g/mol. The number of ketones is 1. The highest BCUT2D eigenvalue weighted by atomic mass is 35.5. The summed E-state index contributed by atoms with van der Waals surface area (Å²) < 4.78 is 15.1. The fraction of sp³-hybridized carbons (Fsp3) is 0.415. The SMILES string of the molecule is CC(C)(C)OC(=O)n1c(-c2ccc(Cl)c3c2C(C(=O)C2NCc4c(Cl)ccc(-c5cc6cc(C(N)C(C)(C)CO)ccc6n5C(=O)OC(C)(C)C)c42)NC3)cc2cc(C(N)C(C)(C)CO)ccc21. The molecule has 360 valence electrons. The predicted molar refractivity (Wildman–Crippen MR) is 268 cm³/mol. The van der Waals surface area contributed by atoms with Gasteiger partial charge >= 0.3 is 12.2 Å². The maximum absolute atomic E-state index is 15.5. The standard InChI is InChI=1S/C53H62Cl2N6O7/c1-50(2,3)67-48(65)60-37-17-11-27(46(56)52(7,8)25-62)19-29(37)21-39(60)31-13-15-35(54)33-23-58-43(41(31)33)45(64)44-42-32(14-16-36(55)34(42)24-59-44)40-22-30-20-28(47(57)53(9,10)26-63)12-18-38(30)61(40)49(66)68-51(4,5)6/h11-22,43-44,46-47,58-59,62-63H,23-26,56-57H2,1-10H3. The molecule has 0 saturated heterocycles. The zero-order valence-electron chi connectivity index (χ0n) is 40.3. The van der Waals surface area contributed by atoms with Gasteiger partial charge in [0.05, 0.1) is 34.5 Å². The number of fused-ring (bicyclic) bond motifs is 4. The summed E-state index contributed by atoms with van der Waals surface area (Å²) in [7, 11) is 0. The van der Waals surface area contributed by atoms with Crippen molar-refractivity contribution in [3.8, 4) is 22.5 Å². The van der Waals surface area contributed by atoms with E-state index in [1.54, 1.807) is 53.7 Å². The fourth-order valence-corrected chi connectivity index (χ4v) is 9.83. The molecule has 2 aromatic heterocycles. The van der Waals surface area contributed by atoms with E-state index in [2.05, 4.69) is 10.6 Å². The number of rotatable bonds is 10. The monoisotopic (exact) mass is 964 g/mol. The molecule has 15 heteroatoms. The predicted octanol–water partition coefficient (Wildman–Crippen LogP) is 10.4. The van der Waals surface area contributed by atoms with Crippen LogP contribution in [-0.2, 0) is 27.4 Å². The molecule has 0 fully saturated rings. The van der Waals surface area contributed by atoms with Crippen LogP contribution in [0.4, 0.5) is 9.59 Å². The van der Waals surface area contributed by atoms with Crippen LogP contribution in [0.3, 0.4) is 0 Å². The van der Waals surface area contributed by atoms with Crippen LogP contribution < -0.4 is 22.1 Å². The van der Waals surface area contributed by atoms with Crippen molar-refractivity contribution in [2.24, 2.45) is 22.3 Å². The second-order valence-corrected chi connectivity index (χ2v) is 22.4. The van der Waals surface area contributed by atoms with Crippen LogP contribution in [0.5, 0.6) is 0 Å². The zero-order valence-corrected chi connectivity index (χ0v) is 41.8. The number of halogens is 2. The lowest BCUT2D eigenvalue weighted by Crippen LogP contribution is -2.32. The Morgan fingerprint density at radius 2 is 0.985 bits per heavy atom. The minimum absolute atomic E-state index is 0.127. The lowest BCUT2D eigenvalue weighted by Gasteiger charge is -2.29. The first-order valence-electron chi connectivity index (χ1n) is 22.9. The van der Waals surface area contributed by atoms with Crippen LogP contribution in [0.25, 0.3) is 44.3 Å². The van der Waals surface area contributed by atoms with E-state index in [1.165, 1.54) is 9.13 Å². The van der Waals surface area contributed by atoms with Gasteiger partial charge in [0, 0.05) is 81.2 Å². The second kappa shape index (κ2) is 17.7. The molecule has 13 nitrogen and oxygen atoms in total. The molecule has 6 aromatic rings. The molecule has 4 atom stereocenters. The summed E-state index contributed by atoms with van der Waals surface area (Å²) in [5, 5.41) is 29.5. The molecule has 8 rings (SSSR count). The van der Waals surface area contributed by atoms with Crippen molar-refractivity contribution in [1.82, 2.24) is 19.8 Å². The highest BCUT2D eigenvalue weighted by Gasteiger charge is 2.42. The number of carbonyl (C=O) groups is 3. The number of Topliss-reactive ketones (excluding diaryl/α,β-unsaturated/α-hetero) is 1. The van der Waals surface area contributed by atoms with Crippen LogP contribution >= 0.6 is 23.2 Å². The number of ether oxygens (including phenoxy) is 2. The van der Waals surface area contributed by atoms with Crippen molar-refractivity contribution in [1.29, 1.82) is 0 Å². The highest BCUT2D eigenvalue weighted by molar-refractivity contribution is 6.32. The van der Waals surface area contributed by atoms with Crippen LogP contribution in [0.1, 0.15) is 127 Å². The smallest absolute Gasteiger partial charge is 0.419 e. The number of aromatic nitrogens is 2. The average molecular weight is 966 g/mol. The van der Waals surface area contributed by atoms with E-state index >= 15 is 4.79 Å². The number of nitrogens with one attached hydrogen (secondary N) is 2. The molecule has 4 heterocycles. The van der Waals surface area contributed by atoms with Gasteiger partial charge in [0.15, 0.2) is 5.78 Å². The lowest BCUT2D eigenvalue weighted by molar-refractivity contribution is -0.123. The van der Waals surface area contributed by atoms with E-state index in [9.17, 15) is 19.8 Å². The van der Waals surface area contributed by atoms with Gasteiger partial charge in [-0.15, -0.1) is 0 Å². The first kappa shape index (κ1) is 49.3. The molecule has 0 radical (unpaired) electrons. The summed E-state index contributed by atoms with van der Waals surface area (Å²) in [4.78, 5) is 44.2. The number of benzene rings is 4. The quantitative estimate of drug-likeness (QED) is 0.0764.